The number of hydrogen-bond donors (Lipinski definition) is 0. The van der Waals surface area contributed by atoms with Gasteiger partial charge in [0.1, 0.15) is 0 Å². The predicted molar refractivity (Wildman–Crippen MR) is 76.8 cm³/mol. The first kappa shape index (κ1) is 13.4. The minimum Gasteiger partial charge on any atom is -0.454 e. The molecule has 0 spiro atoms. The fraction of sp³-hybridized carbons (Fsp3) is 0.176. The first-order valence-electron chi connectivity index (χ1n) is 6.66. The van der Waals surface area contributed by atoms with Gasteiger partial charge in [-0.05, 0) is 24.6 Å². The van der Waals surface area contributed by atoms with Crippen molar-refractivity contribution in [2.75, 3.05) is 6.79 Å². The fourth-order valence-electron chi connectivity index (χ4n) is 2.18. The van der Waals surface area contributed by atoms with E-state index in [1.807, 2.05) is 19.1 Å². The second kappa shape index (κ2) is 5.40. The van der Waals surface area contributed by atoms with Crippen molar-refractivity contribution in [3.63, 3.8) is 0 Å². The van der Waals surface area contributed by atoms with E-state index in [9.17, 15) is 9.59 Å². The molecule has 0 aliphatic carbocycles. The Hall–Kier alpha value is -2.62. The van der Waals surface area contributed by atoms with Gasteiger partial charge in [-0.2, -0.15) is 0 Å². The summed E-state index contributed by atoms with van der Waals surface area (Å²) in [5, 5.41) is 0. The van der Waals surface area contributed by atoms with Crippen LogP contribution in [0.5, 0.6) is 11.5 Å². The van der Waals surface area contributed by atoms with Crippen molar-refractivity contribution < 1.29 is 19.1 Å². The number of benzene rings is 2. The van der Waals surface area contributed by atoms with Crippen molar-refractivity contribution in [2.45, 2.75) is 13.3 Å². The number of Topliss-reactive ketones (excluding diaryl/α,β-unsaturated/α-hetero) is 2. The standard InChI is InChI=1S/C17H14O4/c1-11-2-5-13(6-3-11)17(19)14(18)8-12-4-7-15-16(9-12)21-10-20-15/h2-7,9H,8,10H2,1H3. The quantitative estimate of drug-likeness (QED) is 0.639. The lowest BCUT2D eigenvalue weighted by atomic mass is 10.0. The number of fused-ring (bicyclic) bond motifs is 1. The summed E-state index contributed by atoms with van der Waals surface area (Å²) in [5.41, 5.74) is 2.21. The number of ether oxygens (including phenoxy) is 2. The van der Waals surface area contributed by atoms with E-state index in [0.717, 1.165) is 11.1 Å². The van der Waals surface area contributed by atoms with E-state index >= 15 is 0 Å². The van der Waals surface area contributed by atoms with Crippen LogP contribution < -0.4 is 9.47 Å². The summed E-state index contributed by atoms with van der Waals surface area (Å²) in [7, 11) is 0. The third-order valence-electron chi connectivity index (χ3n) is 3.37. The maximum atomic E-state index is 12.1. The Morgan fingerprint density at radius 1 is 1.00 bits per heavy atom. The van der Waals surface area contributed by atoms with Crippen molar-refractivity contribution in [3.05, 3.63) is 59.2 Å². The van der Waals surface area contributed by atoms with Gasteiger partial charge in [-0.1, -0.05) is 35.9 Å². The lowest BCUT2D eigenvalue weighted by Gasteiger charge is -2.03. The van der Waals surface area contributed by atoms with E-state index in [2.05, 4.69) is 0 Å². The zero-order valence-corrected chi connectivity index (χ0v) is 11.6. The van der Waals surface area contributed by atoms with Crippen LogP contribution in [0.4, 0.5) is 0 Å². The molecule has 106 valence electrons. The van der Waals surface area contributed by atoms with Gasteiger partial charge >= 0.3 is 0 Å². The van der Waals surface area contributed by atoms with Gasteiger partial charge in [-0.15, -0.1) is 0 Å². The average Bonchev–Trinajstić information content (AvgIpc) is 2.95. The summed E-state index contributed by atoms with van der Waals surface area (Å²) in [6.07, 6.45) is 0.0589. The first-order chi connectivity index (χ1) is 10.1. The molecule has 0 saturated heterocycles. The molecule has 3 rings (SSSR count). The lowest BCUT2D eigenvalue weighted by molar-refractivity contribution is -0.114. The Labute approximate surface area is 122 Å². The molecule has 0 bridgehead atoms. The van der Waals surface area contributed by atoms with E-state index in [0.29, 0.717) is 17.1 Å². The summed E-state index contributed by atoms with van der Waals surface area (Å²) in [4.78, 5) is 24.2. The molecule has 0 unspecified atom stereocenters. The molecule has 0 amide bonds. The SMILES string of the molecule is Cc1ccc(C(=O)C(=O)Cc2ccc3c(c2)OCO3)cc1. The number of ketones is 2. The van der Waals surface area contributed by atoms with Crippen molar-refractivity contribution in [1.82, 2.24) is 0 Å². The van der Waals surface area contributed by atoms with Crippen LogP contribution in [-0.4, -0.2) is 18.4 Å². The summed E-state index contributed by atoms with van der Waals surface area (Å²) in [6.45, 7) is 2.12. The second-order valence-corrected chi connectivity index (χ2v) is 4.98. The molecule has 4 heteroatoms. The molecule has 0 fully saturated rings. The number of carbonyl (C=O) groups excluding carboxylic acids is 2. The zero-order chi connectivity index (χ0) is 14.8. The van der Waals surface area contributed by atoms with Gasteiger partial charge in [0.25, 0.3) is 0 Å². The minimum atomic E-state index is -0.465. The maximum Gasteiger partial charge on any atom is 0.231 e. The topological polar surface area (TPSA) is 52.6 Å². The highest BCUT2D eigenvalue weighted by molar-refractivity contribution is 6.44. The fourth-order valence-corrected chi connectivity index (χ4v) is 2.18. The van der Waals surface area contributed by atoms with Crippen molar-refractivity contribution >= 4 is 11.6 Å². The van der Waals surface area contributed by atoms with Crippen LogP contribution in [0.25, 0.3) is 0 Å². The molecule has 4 nitrogen and oxygen atoms in total. The summed E-state index contributed by atoms with van der Waals surface area (Å²) in [5.74, 6) is 0.379. The van der Waals surface area contributed by atoms with Crippen LogP contribution in [-0.2, 0) is 11.2 Å². The van der Waals surface area contributed by atoms with Crippen LogP contribution in [0.2, 0.25) is 0 Å². The van der Waals surface area contributed by atoms with Gasteiger partial charge in [-0.25, -0.2) is 0 Å². The maximum absolute atomic E-state index is 12.1. The minimum absolute atomic E-state index is 0.0589. The molecule has 1 heterocycles. The highest BCUT2D eigenvalue weighted by Crippen LogP contribution is 2.32. The van der Waals surface area contributed by atoms with Crippen molar-refractivity contribution in [2.24, 2.45) is 0 Å². The molecular weight excluding hydrogens is 268 g/mol. The normalized spacial score (nSPS) is 12.2. The Morgan fingerprint density at radius 3 is 2.48 bits per heavy atom. The third-order valence-corrected chi connectivity index (χ3v) is 3.37. The number of carbonyl (C=O) groups is 2. The van der Waals surface area contributed by atoms with E-state index < -0.39 is 11.6 Å². The van der Waals surface area contributed by atoms with Crippen LogP contribution in [0, 0.1) is 6.92 Å². The monoisotopic (exact) mass is 282 g/mol. The molecule has 21 heavy (non-hydrogen) atoms. The first-order valence-corrected chi connectivity index (χ1v) is 6.66. The van der Waals surface area contributed by atoms with Crippen molar-refractivity contribution in [3.8, 4) is 11.5 Å². The van der Waals surface area contributed by atoms with E-state index in [1.165, 1.54) is 0 Å². The lowest BCUT2D eigenvalue weighted by Crippen LogP contribution is -2.16. The van der Waals surface area contributed by atoms with Gasteiger partial charge in [0.15, 0.2) is 11.5 Å². The third kappa shape index (κ3) is 2.79. The number of rotatable bonds is 4. The van der Waals surface area contributed by atoms with Crippen molar-refractivity contribution in [1.29, 1.82) is 0 Å². The van der Waals surface area contributed by atoms with Gasteiger partial charge in [0.05, 0.1) is 0 Å². The van der Waals surface area contributed by atoms with Gasteiger partial charge in [0.2, 0.25) is 18.4 Å². The Kier molecular flexibility index (Phi) is 3.44. The molecule has 0 atom stereocenters. The molecular formula is C17H14O4. The van der Waals surface area contributed by atoms with E-state index in [-0.39, 0.29) is 13.2 Å². The summed E-state index contributed by atoms with van der Waals surface area (Å²) >= 11 is 0. The average molecular weight is 282 g/mol. The number of hydrogen-bond acceptors (Lipinski definition) is 4. The zero-order valence-electron chi connectivity index (χ0n) is 11.6. The van der Waals surface area contributed by atoms with Crippen LogP contribution >= 0.6 is 0 Å². The molecule has 1 aliphatic heterocycles. The molecule has 0 saturated carbocycles. The van der Waals surface area contributed by atoms with E-state index in [1.54, 1.807) is 30.3 Å². The molecule has 2 aromatic carbocycles. The predicted octanol–water partition coefficient (Wildman–Crippen LogP) is 2.72. The number of aryl methyl sites for hydroxylation is 1. The van der Waals surface area contributed by atoms with Crippen LogP contribution in [0.1, 0.15) is 21.5 Å². The van der Waals surface area contributed by atoms with Gasteiger partial charge in [-0.3, -0.25) is 9.59 Å². The second-order valence-electron chi connectivity index (χ2n) is 4.98. The Balaban J connectivity index is 1.74. The van der Waals surface area contributed by atoms with Gasteiger partial charge in [0, 0.05) is 12.0 Å². The highest BCUT2D eigenvalue weighted by Gasteiger charge is 2.19. The smallest absolute Gasteiger partial charge is 0.231 e. The highest BCUT2D eigenvalue weighted by atomic mass is 16.7. The van der Waals surface area contributed by atoms with Crippen LogP contribution in [0.15, 0.2) is 42.5 Å². The van der Waals surface area contributed by atoms with E-state index in [4.69, 9.17) is 9.47 Å². The summed E-state index contributed by atoms with van der Waals surface area (Å²) < 4.78 is 10.5. The molecule has 0 N–H and O–H groups in total. The Bertz CT molecular complexity index is 701. The Morgan fingerprint density at radius 2 is 1.71 bits per heavy atom. The summed E-state index contributed by atoms with van der Waals surface area (Å²) in [6, 6.07) is 12.3. The molecule has 1 aliphatic rings. The van der Waals surface area contributed by atoms with Crippen LogP contribution in [0.3, 0.4) is 0 Å². The molecule has 2 aromatic rings. The van der Waals surface area contributed by atoms with Gasteiger partial charge < -0.3 is 9.47 Å². The molecule has 0 radical (unpaired) electrons. The largest absolute Gasteiger partial charge is 0.454 e. The molecule has 0 aromatic heterocycles.